The van der Waals surface area contributed by atoms with Crippen molar-refractivity contribution in [1.29, 1.82) is 0 Å². The molecule has 1 aromatic carbocycles. The topological polar surface area (TPSA) is 24.9 Å². The zero-order valence-corrected chi connectivity index (χ0v) is 10.7. The van der Waals surface area contributed by atoms with Crippen molar-refractivity contribution in [1.82, 2.24) is 10.3 Å². The minimum absolute atomic E-state index is 0.0210. The first kappa shape index (κ1) is 12.7. The SMILES string of the molecule is CNC(Cc1ccncc1)c1cc(C)ccc1F. The maximum atomic E-state index is 13.9. The van der Waals surface area contributed by atoms with E-state index >= 15 is 0 Å². The van der Waals surface area contributed by atoms with Gasteiger partial charge in [0.1, 0.15) is 5.82 Å². The van der Waals surface area contributed by atoms with Crippen molar-refractivity contribution in [2.24, 2.45) is 0 Å². The summed E-state index contributed by atoms with van der Waals surface area (Å²) >= 11 is 0. The van der Waals surface area contributed by atoms with Crippen LogP contribution >= 0.6 is 0 Å². The lowest BCUT2D eigenvalue weighted by molar-refractivity contribution is 0.533. The molecule has 94 valence electrons. The minimum atomic E-state index is -0.158. The molecule has 0 saturated heterocycles. The molecule has 1 heterocycles. The van der Waals surface area contributed by atoms with Crippen molar-refractivity contribution >= 4 is 0 Å². The van der Waals surface area contributed by atoms with Gasteiger partial charge < -0.3 is 5.32 Å². The highest BCUT2D eigenvalue weighted by atomic mass is 19.1. The highest BCUT2D eigenvalue weighted by molar-refractivity contribution is 5.28. The molecule has 0 bridgehead atoms. The fourth-order valence-electron chi connectivity index (χ4n) is 2.05. The van der Waals surface area contributed by atoms with Crippen LogP contribution in [0.5, 0.6) is 0 Å². The number of halogens is 1. The third kappa shape index (κ3) is 2.93. The van der Waals surface area contributed by atoms with Gasteiger partial charge in [0.25, 0.3) is 0 Å². The first-order valence-electron chi connectivity index (χ1n) is 6.03. The van der Waals surface area contributed by atoms with Crippen molar-refractivity contribution < 1.29 is 4.39 Å². The smallest absolute Gasteiger partial charge is 0.128 e. The average molecular weight is 244 g/mol. The molecule has 0 fully saturated rings. The van der Waals surface area contributed by atoms with E-state index in [9.17, 15) is 4.39 Å². The molecule has 2 nitrogen and oxygen atoms in total. The van der Waals surface area contributed by atoms with Crippen LogP contribution < -0.4 is 5.32 Å². The van der Waals surface area contributed by atoms with Crippen LogP contribution in [0.4, 0.5) is 4.39 Å². The molecule has 1 N–H and O–H groups in total. The van der Waals surface area contributed by atoms with Crippen LogP contribution in [-0.2, 0) is 6.42 Å². The molecule has 0 saturated carbocycles. The van der Waals surface area contributed by atoms with Crippen LogP contribution in [0.15, 0.2) is 42.7 Å². The maximum Gasteiger partial charge on any atom is 0.128 e. The number of rotatable bonds is 4. The third-order valence-electron chi connectivity index (χ3n) is 3.06. The predicted molar refractivity (Wildman–Crippen MR) is 70.9 cm³/mol. The van der Waals surface area contributed by atoms with E-state index in [1.807, 2.05) is 32.2 Å². The van der Waals surface area contributed by atoms with Crippen molar-refractivity contribution in [3.8, 4) is 0 Å². The van der Waals surface area contributed by atoms with Crippen LogP contribution in [-0.4, -0.2) is 12.0 Å². The Morgan fingerprint density at radius 1 is 1.22 bits per heavy atom. The number of aryl methyl sites for hydroxylation is 1. The number of nitrogens with one attached hydrogen (secondary N) is 1. The van der Waals surface area contributed by atoms with Gasteiger partial charge in [0.2, 0.25) is 0 Å². The minimum Gasteiger partial charge on any atom is -0.313 e. The second-order valence-electron chi connectivity index (χ2n) is 4.43. The Bertz CT molecular complexity index is 511. The Hall–Kier alpha value is -1.74. The van der Waals surface area contributed by atoms with Gasteiger partial charge in [-0.3, -0.25) is 4.98 Å². The maximum absolute atomic E-state index is 13.9. The van der Waals surface area contributed by atoms with Gasteiger partial charge in [0, 0.05) is 24.0 Å². The quantitative estimate of drug-likeness (QED) is 0.894. The predicted octanol–water partition coefficient (Wildman–Crippen LogP) is 3.03. The van der Waals surface area contributed by atoms with Crippen LogP contribution in [0.2, 0.25) is 0 Å². The fourth-order valence-corrected chi connectivity index (χ4v) is 2.05. The summed E-state index contributed by atoms with van der Waals surface area (Å²) in [5, 5.41) is 3.17. The largest absolute Gasteiger partial charge is 0.313 e. The van der Waals surface area contributed by atoms with Gasteiger partial charge in [-0.15, -0.1) is 0 Å². The molecule has 2 rings (SSSR count). The lowest BCUT2D eigenvalue weighted by atomic mass is 9.98. The zero-order valence-electron chi connectivity index (χ0n) is 10.7. The molecule has 0 aliphatic rings. The van der Waals surface area contributed by atoms with E-state index in [0.29, 0.717) is 5.56 Å². The summed E-state index contributed by atoms with van der Waals surface area (Å²) in [6, 6.07) is 9.11. The van der Waals surface area contributed by atoms with Crippen LogP contribution in [0.25, 0.3) is 0 Å². The summed E-state index contributed by atoms with van der Waals surface area (Å²) < 4.78 is 13.9. The molecule has 3 heteroatoms. The van der Waals surface area contributed by atoms with E-state index in [4.69, 9.17) is 0 Å². The second kappa shape index (κ2) is 5.74. The van der Waals surface area contributed by atoms with Crippen molar-refractivity contribution in [2.45, 2.75) is 19.4 Å². The summed E-state index contributed by atoms with van der Waals surface area (Å²) in [6.07, 6.45) is 4.27. The van der Waals surface area contributed by atoms with Gasteiger partial charge in [-0.2, -0.15) is 0 Å². The molecule has 1 atom stereocenters. The number of pyridine rings is 1. The Balaban J connectivity index is 2.26. The Morgan fingerprint density at radius 3 is 2.61 bits per heavy atom. The monoisotopic (exact) mass is 244 g/mol. The molecule has 1 aromatic heterocycles. The Labute approximate surface area is 107 Å². The second-order valence-corrected chi connectivity index (χ2v) is 4.43. The Morgan fingerprint density at radius 2 is 1.94 bits per heavy atom. The normalized spacial score (nSPS) is 12.4. The van der Waals surface area contributed by atoms with Crippen molar-refractivity contribution in [2.75, 3.05) is 7.05 Å². The van der Waals surface area contributed by atoms with Crippen LogP contribution in [0.1, 0.15) is 22.7 Å². The number of likely N-dealkylation sites (N-methyl/N-ethyl adjacent to an activating group) is 1. The average Bonchev–Trinajstić information content (AvgIpc) is 2.40. The van der Waals surface area contributed by atoms with Crippen molar-refractivity contribution in [3.05, 3.63) is 65.2 Å². The van der Waals surface area contributed by atoms with E-state index in [0.717, 1.165) is 17.5 Å². The number of nitrogens with zero attached hydrogens (tertiary/aromatic N) is 1. The van der Waals surface area contributed by atoms with Gasteiger partial charge in [-0.25, -0.2) is 4.39 Å². The van der Waals surface area contributed by atoms with Crippen LogP contribution in [0.3, 0.4) is 0 Å². The molecular formula is C15H17FN2. The molecular weight excluding hydrogens is 227 g/mol. The Kier molecular flexibility index (Phi) is 4.05. The van der Waals surface area contributed by atoms with Gasteiger partial charge >= 0.3 is 0 Å². The molecule has 0 aliphatic carbocycles. The van der Waals surface area contributed by atoms with Crippen LogP contribution in [0, 0.1) is 12.7 Å². The first-order valence-corrected chi connectivity index (χ1v) is 6.03. The highest BCUT2D eigenvalue weighted by Gasteiger charge is 2.14. The summed E-state index contributed by atoms with van der Waals surface area (Å²) in [4.78, 5) is 3.99. The van der Waals surface area contributed by atoms with E-state index in [1.165, 1.54) is 6.07 Å². The van der Waals surface area contributed by atoms with E-state index in [1.54, 1.807) is 18.5 Å². The molecule has 0 spiro atoms. The van der Waals surface area contributed by atoms with E-state index in [2.05, 4.69) is 10.3 Å². The zero-order chi connectivity index (χ0) is 13.0. The van der Waals surface area contributed by atoms with E-state index in [-0.39, 0.29) is 11.9 Å². The molecule has 0 radical (unpaired) electrons. The number of aromatic nitrogens is 1. The molecule has 2 aromatic rings. The third-order valence-corrected chi connectivity index (χ3v) is 3.06. The van der Waals surface area contributed by atoms with Crippen molar-refractivity contribution in [3.63, 3.8) is 0 Å². The molecule has 0 aliphatic heterocycles. The van der Waals surface area contributed by atoms with Gasteiger partial charge in [0.05, 0.1) is 0 Å². The fraction of sp³-hybridized carbons (Fsp3) is 0.267. The number of hydrogen-bond acceptors (Lipinski definition) is 2. The summed E-state index contributed by atoms with van der Waals surface area (Å²) in [5.41, 5.74) is 2.93. The van der Waals surface area contributed by atoms with Gasteiger partial charge in [-0.05, 0) is 44.2 Å². The lowest BCUT2D eigenvalue weighted by Gasteiger charge is -2.18. The standard InChI is InChI=1S/C15H17FN2/c1-11-3-4-14(16)13(9-11)15(17-2)10-12-5-7-18-8-6-12/h3-9,15,17H,10H2,1-2H3. The first-order chi connectivity index (χ1) is 8.70. The van der Waals surface area contributed by atoms with E-state index < -0.39 is 0 Å². The van der Waals surface area contributed by atoms with Gasteiger partial charge in [-0.1, -0.05) is 17.7 Å². The molecule has 1 unspecified atom stereocenters. The number of benzene rings is 1. The summed E-state index contributed by atoms with van der Waals surface area (Å²) in [6.45, 7) is 1.97. The highest BCUT2D eigenvalue weighted by Crippen LogP contribution is 2.22. The summed E-state index contributed by atoms with van der Waals surface area (Å²) in [7, 11) is 1.85. The number of hydrogen-bond donors (Lipinski definition) is 1. The lowest BCUT2D eigenvalue weighted by Crippen LogP contribution is -2.20. The molecule has 18 heavy (non-hydrogen) atoms. The van der Waals surface area contributed by atoms with Gasteiger partial charge in [0.15, 0.2) is 0 Å². The molecule has 0 amide bonds. The summed E-state index contributed by atoms with van der Waals surface area (Å²) in [5.74, 6) is -0.158.